The Labute approximate surface area is 214 Å². The number of H-pyrrole nitrogens is 1. The molecule has 0 bridgehead atoms. The number of carbonyl (C=O) groups excluding carboxylic acids is 2. The van der Waals surface area contributed by atoms with Gasteiger partial charge in [-0.05, 0) is 47.4 Å². The predicted molar refractivity (Wildman–Crippen MR) is 142 cm³/mol. The fraction of sp³-hybridized carbons (Fsp3) is 0.172. The number of fused-ring (bicyclic) bond motifs is 1. The summed E-state index contributed by atoms with van der Waals surface area (Å²) in [5, 5.41) is 12.9. The molecule has 190 valence electrons. The van der Waals surface area contributed by atoms with Gasteiger partial charge < -0.3 is 19.8 Å². The molecule has 0 aliphatic rings. The highest BCUT2D eigenvalue weighted by Gasteiger charge is 2.18. The summed E-state index contributed by atoms with van der Waals surface area (Å²) in [4.78, 5) is 27.4. The van der Waals surface area contributed by atoms with Crippen LogP contribution in [0.5, 0.6) is 11.5 Å². The molecule has 0 radical (unpaired) electrons. The van der Waals surface area contributed by atoms with E-state index in [1.807, 2.05) is 54.7 Å². The highest BCUT2D eigenvalue weighted by Crippen LogP contribution is 2.29. The number of aromatic amines is 1. The number of methoxy groups -OCH3 is 1. The van der Waals surface area contributed by atoms with Crippen molar-refractivity contribution in [1.29, 1.82) is 0 Å². The second-order valence-corrected chi connectivity index (χ2v) is 8.52. The third-order valence-corrected chi connectivity index (χ3v) is 5.88. The number of hydrogen-bond acceptors (Lipinski definition) is 5. The lowest BCUT2D eigenvalue weighted by Gasteiger charge is -2.20. The van der Waals surface area contributed by atoms with E-state index in [9.17, 15) is 9.59 Å². The van der Waals surface area contributed by atoms with Crippen LogP contribution in [-0.2, 0) is 22.4 Å². The molecule has 0 spiro atoms. The largest absolute Gasteiger partial charge is 0.493 e. The van der Waals surface area contributed by atoms with Gasteiger partial charge in [-0.25, -0.2) is 5.48 Å². The minimum atomic E-state index is -0.634. The van der Waals surface area contributed by atoms with Gasteiger partial charge in [0.15, 0.2) is 11.5 Å². The van der Waals surface area contributed by atoms with E-state index in [4.69, 9.17) is 14.7 Å². The molecule has 1 atom stereocenters. The number of hydrogen-bond donors (Lipinski definition) is 4. The number of rotatable bonds is 11. The van der Waals surface area contributed by atoms with E-state index in [1.165, 1.54) is 13.2 Å². The molecule has 4 aromatic rings. The fourth-order valence-electron chi connectivity index (χ4n) is 4.08. The fourth-order valence-corrected chi connectivity index (χ4v) is 4.08. The number of ether oxygens (including phenoxy) is 2. The average Bonchev–Trinajstić information content (AvgIpc) is 3.33. The monoisotopic (exact) mass is 499 g/mol. The van der Waals surface area contributed by atoms with Crippen LogP contribution in [0.1, 0.15) is 16.7 Å². The minimum Gasteiger partial charge on any atom is -0.493 e. The maximum Gasteiger partial charge on any atom is 0.267 e. The zero-order valence-corrected chi connectivity index (χ0v) is 20.4. The van der Waals surface area contributed by atoms with Crippen molar-refractivity contribution in [2.24, 2.45) is 0 Å². The van der Waals surface area contributed by atoms with Crippen molar-refractivity contribution in [2.45, 2.75) is 18.9 Å². The Kier molecular flexibility index (Phi) is 8.57. The Morgan fingerprint density at radius 2 is 1.81 bits per heavy atom. The molecule has 4 N–H and O–H groups in total. The standard InChI is InChI=1S/C29H29N3O5/c1-36-27-15-21(12-14-28(33)32-35)11-13-26(27)37-19-23(31-29(34)16-20-7-3-2-4-8-20)17-22-18-30-25-10-6-5-9-24(22)25/h2-15,18,23,30,35H,16-17,19H2,1H3,(H,31,34)(H,32,33)/b14-12+/t23-/m0/s1. The smallest absolute Gasteiger partial charge is 0.267 e. The van der Waals surface area contributed by atoms with E-state index >= 15 is 0 Å². The lowest BCUT2D eigenvalue weighted by molar-refractivity contribution is -0.124. The molecule has 8 heteroatoms. The molecule has 0 aliphatic carbocycles. The summed E-state index contributed by atoms with van der Waals surface area (Å²) in [6, 6.07) is 22.6. The van der Waals surface area contributed by atoms with E-state index in [-0.39, 0.29) is 25.0 Å². The van der Waals surface area contributed by atoms with Crippen LogP contribution in [0.15, 0.2) is 85.1 Å². The van der Waals surface area contributed by atoms with E-state index < -0.39 is 5.91 Å². The zero-order valence-electron chi connectivity index (χ0n) is 20.4. The third kappa shape index (κ3) is 6.99. The van der Waals surface area contributed by atoms with Crippen molar-refractivity contribution in [2.75, 3.05) is 13.7 Å². The molecule has 37 heavy (non-hydrogen) atoms. The molecule has 4 rings (SSSR count). The lowest BCUT2D eigenvalue weighted by Crippen LogP contribution is -2.41. The summed E-state index contributed by atoms with van der Waals surface area (Å²) in [6.45, 7) is 0.221. The van der Waals surface area contributed by atoms with Gasteiger partial charge in [-0.3, -0.25) is 14.8 Å². The molecule has 2 amide bonds. The van der Waals surface area contributed by atoms with Crippen LogP contribution < -0.4 is 20.3 Å². The minimum absolute atomic E-state index is 0.0887. The first-order chi connectivity index (χ1) is 18.1. The van der Waals surface area contributed by atoms with Crippen molar-refractivity contribution in [3.8, 4) is 11.5 Å². The topological polar surface area (TPSA) is 113 Å². The zero-order chi connectivity index (χ0) is 26.0. The van der Waals surface area contributed by atoms with E-state index in [0.29, 0.717) is 23.5 Å². The van der Waals surface area contributed by atoms with E-state index in [2.05, 4.69) is 16.4 Å². The van der Waals surface area contributed by atoms with Crippen LogP contribution in [0.2, 0.25) is 0 Å². The number of hydroxylamine groups is 1. The van der Waals surface area contributed by atoms with Gasteiger partial charge in [0, 0.05) is 23.2 Å². The number of amides is 2. The van der Waals surface area contributed by atoms with Gasteiger partial charge in [-0.15, -0.1) is 0 Å². The molecule has 8 nitrogen and oxygen atoms in total. The number of carbonyl (C=O) groups is 2. The van der Waals surface area contributed by atoms with Gasteiger partial charge in [0.05, 0.1) is 19.6 Å². The quantitative estimate of drug-likeness (QED) is 0.141. The number of aromatic nitrogens is 1. The Balaban J connectivity index is 1.50. The van der Waals surface area contributed by atoms with Crippen molar-refractivity contribution >= 4 is 28.8 Å². The molecule has 1 aromatic heterocycles. The number of benzene rings is 3. The van der Waals surface area contributed by atoms with Crippen LogP contribution in [0, 0.1) is 0 Å². The van der Waals surface area contributed by atoms with Gasteiger partial charge in [0.1, 0.15) is 6.61 Å². The molecule has 0 fully saturated rings. The summed E-state index contributed by atoms with van der Waals surface area (Å²) >= 11 is 0. The Hall–Kier alpha value is -4.56. The molecule has 0 saturated carbocycles. The molecule has 0 saturated heterocycles. The third-order valence-electron chi connectivity index (χ3n) is 5.88. The Morgan fingerprint density at radius 1 is 1.03 bits per heavy atom. The second kappa shape index (κ2) is 12.4. The summed E-state index contributed by atoms with van der Waals surface area (Å²) in [5.41, 5.74) is 5.30. The molecular weight excluding hydrogens is 470 g/mol. The average molecular weight is 500 g/mol. The van der Waals surface area contributed by atoms with Crippen LogP contribution in [-0.4, -0.2) is 41.8 Å². The van der Waals surface area contributed by atoms with E-state index in [0.717, 1.165) is 22.0 Å². The van der Waals surface area contributed by atoms with Gasteiger partial charge in [0.2, 0.25) is 5.91 Å². The highest BCUT2D eigenvalue weighted by molar-refractivity contribution is 5.90. The molecule has 0 unspecified atom stereocenters. The van der Waals surface area contributed by atoms with Crippen LogP contribution in [0.25, 0.3) is 17.0 Å². The second-order valence-electron chi connectivity index (χ2n) is 8.52. The first-order valence-corrected chi connectivity index (χ1v) is 11.9. The maximum atomic E-state index is 12.9. The SMILES string of the molecule is COc1cc(/C=C/C(=O)NO)ccc1OC[C@H](Cc1c[nH]c2ccccc12)NC(=O)Cc1ccccc1. The van der Waals surface area contributed by atoms with E-state index in [1.54, 1.807) is 29.8 Å². The van der Waals surface area contributed by atoms with Gasteiger partial charge in [-0.2, -0.15) is 0 Å². The molecule has 0 aliphatic heterocycles. The van der Waals surface area contributed by atoms with Gasteiger partial charge in [-0.1, -0.05) is 54.6 Å². The van der Waals surface area contributed by atoms with Crippen molar-refractivity contribution in [3.63, 3.8) is 0 Å². The number of nitrogens with one attached hydrogen (secondary N) is 3. The summed E-state index contributed by atoms with van der Waals surface area (Å²) in [7, 11) is 1.53. The molecular formula is C29H29N3O5. The Morgan fingerprint density at radius 3 is 2.59 bits per heavy atom. The predicted octanol–water partition coefficient (Wildman–Crippen LogP) is 4.04. The summed E-state index contributed by atoms with van der Waals surface area (Å²) in [6.07, 6.45) is 5.56. The van der Waals surface area contributed by atoms with Gasteiger partial charge in [0.25, 0.3) is 5.91 Å². The summed E-state index contributed by atoms with van der Waals surface area (Å²) in [5.74, 6) is 0.264. The molecule has 3 aromatic carbocycles. The molecule has 1 heterocycles. The summed E-state index contributed by atoms with van der Waals surface area (Å²) < 4.78 is 11.6. The first-order valence-electron chi connectivity index (χ1n) is 11.9. The Bertz CT molecular complexity index is 1380. The van der Waals surface area contributed by atoms with Crippen LogP contribution >= 0.6 is 0 Å². The van der Waals surface area contributed by atoms with Gasteiger partial charge >= 0.3 is 0 Å². The van der Waals surface area contributed by atoms with Crippen molar-refractivity contribution in [1.82, 2.24) is 15.8 Å². The lowest BCUT2D eigenvalue weighted by atomic mass is 10.0. The highest BCUT2D eigenvalue weighted by atomic mass is 16.5. The van der Waals surface area contributed by atoms with Crippen molar-refractivity contribution < 1.29 is 24.3 Å². The normalized spacial score (nSPS) is 11.8. The first kappa shape index (κ1) is 25.5. The van der Waals surface area contributed by atoms with Crippen molar-refractivity contribution in [3.05, 3.63) is 102 Å². The van der Waals surface area contributed by atoms with Crippen LogP contribution in [0.4, 0.5) is 0 Å². The number of para-hydroxylation sites is 1. The van der Waals surface area contributed by atoms with Crippen LogP contribution in [0.3, 0.4) is 0 Å². The maximum absolute atomic E-state index is 12.9.